The molecule has 0 saturated heterocycles. The van der Waals surface area contributed by atoms with Gasteiger partial charge in [-0.15, -0.1) is 0 Å². The molecule has 0 spiro atoms. The minimum absolute atomic E-state index is 0.0539. The molecule has 0 fully saturated rings. The van der Waals surface area contributed by atoms with Crippen molar-refractivity contribution < 1.29 is 14.3 Å². The fourth-order valence-electron chi connectivity index (χ4n) is 3.10. The molecule has 3 aromatic carbocycles. The van der Waals surface area contributed by atoms with E-state index in [2.05, 4.69) is 10.6 Å². The Hall–Kier alpha value is -3.51. The van der Waals surface area contributed by atoms with Gasteiger partial charge in [-0.1, -0.05) is 54.1 Å². The highest BCUT2D eigenvalue weighted by Crippen LogP contribution is 2.26. The number of carbonyl (C=O) groups is 2. The molecule has 4 N–H and O–H groups in total. The topological polar surface area (TPSA) is 93.5 Å². The zero-order chi connectivity index (χ0) is 22.1. The largest absolute Gasteiger partial charge is 0.457 e. The van der Waals surface area contributed by atoms with E-state index in [4.69, 9.17) is 22.1 Å². The molecule has 3 rings (SSSR count). The average molecular weight is 438 g/mol. The molecule has 3 amide bonds. The van der Waals surface area contributed by atoms with Crippen LogP contribution < -0.4 is 21.1 Å². The molecule has 31 heavy (non-hydrogen) atoms. The summed E-state index contributed by atoms with van der Waals surface area (Å²) < 4.78 is 5.85. The first-order valence-electron chi connectivity index (χ1n) is 9.89. The van der Waals surface area contributed by atoms with E-state index < -0.39 is 12.1 Å². The molecule has 0 radical (unpaired) electrons. The van der Waals surface area contributed by atoms with Crippen LogP contribution in [0.25, 0.3) is 0 Å². The number of amides is 3. The lowest BCUT2D eigenvalue weighted by molar-refractivity contribution is -0.121. The monoisotopic (exact) mass is 437 g/mol. The Balaban J connectivity index is 1.61. The standard InChI is InChI=1S/C24H24ClN3O3/c25-19-11-9-17(10-12-19)13-14-27-23(29)16-22(28-24(26)30)18-5-4-8-21(15-18)31-20-6-2-1-3-7-20/h1-12,15,22H,13-14,16H2,(H,27,29)(H3,26,28,30). The van der Waals surface area contributed by atoms with E-state index in [1.807, 2.05) is 72.8 Å². The third-order valence-electron chi connectivity index (χ3n) is 4.59. The zero-order valence-electron chi connectivity index (χ0n) is 16.9. The predicted molar refractivity (Wildman–Crippen MR) is 121 cm³/mol. The van der Waals surface area contributed by atoms with Gasteiger partial charge in [-0.3, -0.25) is 4.79 Å². The van der Waals surface area contributed by atoms with Crippen molar-refractivity contribution >= 4 is 23.5 Å². The second kappa shape index (κ2) is 11.0. The summed E-state index contributed by atoms with van der Waals surface area (Å²) in [6.45, 7) is 0.473. The first-order valence-corrected chi connectivity index (χ1v) is 10.3. The lowest BCUT2D eigenvalue weighted by Crippen LogP contribution is -2.37. The van der Waals surface area contributed by atoms with E-state index in [1.165, 1.54) is 0 Å². The average Bonchev–Trinajstić information content (AvgIpc) is 2.75. The van der Waals surface area contributed by atoms with Crippen LogP contribution in [0, 0.1) is 0 Å². The van der Waals surface area contributed by atoms with Gasteiger partial charge in [0.05, 0.1) is 12.5 Å². The molecule has 0 saturated carbocycles. The number of hydrogen-bond donors (Lipinski definition) is 3. The number of ether oxygens (including phenoxy) is 1. The van der Waals surface area contributed by atoms with E-state index in [0.29, 0.717) is 29.5 Å². The quantitative estimate of drug-likeness (QED) is 0.457. The highest BCUT2D eigenvalue weighted by molar-refractivity contribution is 6.30. The molecule has 0 heterocycles. The van der Waals surface area contributed by atoms with Crippen molar-refractivity contribution in [3.05, 3.63) is 95.0 Å². The maximum absolute atomic E-state index is 12.5. The number of urea groups is 1. The smallest absolute Gasteiger partial charge is 0.312 e. The van der Waals surface area contributed by atoms with Gasteiger partial charge in [-0.05, 0) is 53.9 Å². The number of rotatable bonds is 9. The Kier molecular flexibility index (Phi) is 7.90. The van der Waals surface area contributed by atoms with Crippen LogP contribution in [0.15, 0.2) is 78.9 Å². The molecule has 3 aromatic rings. The molecular weight excluding hydrogens is 414 g/mol. The molecule has 1 unspecified atom stereocenters. The Morgan fingerprint density at radius 2 is 1.65 bits per heavy atom. The summed E-state index contributed by atoms with van der Waals surface area (Å²) in [6, 6.07) is 22.8. The number of hydrogen-bond acceptors (Lipinski definition) is 3. The van der Waals surface area contributed by atoms with Crippen LogP contribution in [0.3, 0.4) is 0 Å². The molecule has 0 aromatic heterocycles. The van der Waals surface area contributed by atoms with Crippen molar-refractivity contribution in [2.45, 2.75) is 18.9 Å². The van der Waals surface area contributed by atoms with E-state index in [-0.39, 0.29) is 12.3 Å². The first-order chi connectivity index (χ1) is 15.0. The number of carbonyl (C=O) groups excluding carboxylic acids is 2. The SMILES string of the molecule is NC(=O)NC(CC(=O)NCCc1ccc(Cl)cc1)c1cccc(Oc2ccccc2)c1. The van der Waals surface area contributed by atoms with Crippen LogP contribution in [-0.4, -0.2) is 18.5 Å². The minimum Gasteiger partial charge on any atom is -0.457 e. The van der Waals surface area contributed by atoms with Crippen molar-refractivity contribution in [2.24, 2.45) is 5.73 Å². The summed E-state index contributed by atoms with van der Waals surface area (Å²) in [4.78, 5) is 24.0. The van der Waals surface area contributed by atoms with Crippen molar-refractivity contribution in [3.8, 4) is 11.5 Å². The summed E-state index contributed by atoms with van der Waals surface area (Å²) >= 11 is 5.89. The molecule has 7 heteroatoms. The third-order valence-corrected chi connectivity index (χ3v) is 4.85. The van der Waals surface area contributed by atoms with Gasteiger partial charge in [0.2, 0.25) is 5.91 Å². The molecular formula is C24H24ClN3O3. The van der Waals surface area contributed by atoms with Gasteiger partial charge in [-0.25, -0.2) is 4.79 Å². The summed E-state index contributed by atoms with van der Waals surface area (Å²) in [5.41, 5.74) is 7.13. The van der Waals surface area contributed by atoms with Crippen molar-refractivity contribution in [1.82, 2.24) is 10.6 Å². The van der Waals surface area contributed by atoms with Crippen molar-refractivity contribution in [2.75, 3.05) is 6.54 Å². The minimum atomic E-state index is -0.701. The highest BCUT2D eigenvalue weighted by atomic mass is 35.5. The Bertz CT molecular complexity index is 1010. The van der Waals surface area contributed by atoms with Crippen LogP contribution in [0.4, 0.5) is 4.79 Å². The molecule has 160 valence electrons. The molecule has 1 atom stereocenters. The Labute approximate surface area is 186 Å². The number of primary amides is 1. The van der Waals surface area contributed by atoms with E-state index in [1.54, 1.807) is 6.07 Å². The predicted octanol–water partition coefficient (Wildman–Crippen LogP) is 4.59. The van der Waals surface area contributed by atoms with Gasteiger partial charge in [-0.2, -0.15) is 0 Å². The maximum atomic E-state index is 12.5. The van der Waals surface area contributed by atoms with Gasteiger partial charge >= 0.3 is 6.03 Å². The zero-order valence-corrected chi connectivity index (χ0v) is 17.6. The van der Waals surface area contributed by atoms with Crippen LogP contribution in [0.5, 0.6) is 11.5 Å². The number of para-hydroxylation sites is 1. The van der Waals surface area contributed by atoms with Crippen molar-refractivity contribution in [1.29, 1.82) is 0 Å². The first kappa shape index (κ1) is 22.2. The van der Waals surface area contributed by atoms with Crippen molar-refractivity contribution in [3.63, 3.8) is 0 Å². The van der Waals surface area contributed by atoms with Gasteiger partial charge < -0.3 is 21.1 Å². The summed E-state index contributed by atoms with van der Waals surface area (Å²) in [5.74, 6) is 1.10. The molecule has 0 aliphatic heterocycles. The second-order valence-electron chi connectivity index (χ2n) is 6.98. The van der Waals surface area contributed by atoms with E-state index in [9.17, 15) is 9.59 Å². The van der Waals surface area contributed by atoms with E-state index >= 15 is 0 Å². The molecule has 0 bridgehead atoms. The molecule has 0 aliphatic rings. The second-order valence-corrected chi connectivity index (χ2v) is 7.42. The summed E-state index contributed by atoms with van der Waals surface area (Å²) in [5, 5.41) is 6.19. The number of benzene rings is 3. The van der Waals surface area contributed by atoms with Crippen LogP contribution >= 0.6 is 11.6 Å². The highest BCUT2D eigenvalue weighted by Gasteiger charge is 2.18. The molecule has 6 nitrogen and oxygen atoms in total. The molecule has 0 aliphatic carbocycles. The van der Waals surface area contributed by atoms with Gasteiger partial charge in [0.15, 0.2) is 0 Å². The third kappa shape index (κ3) is 7.35. The van der Waals surface area contributed by atoms with Crippen LogP contribution in [-0.2, 0) is 11.2 Å². The van der Waals surface area contributed by atoms with Gasteiger partial charge in [0, 0.05) is 11.6 Å². The van der Waals surface area contributed by atoms with Crippen LogP contribution in [0.1, 0.15) is 23.6 Å². The normalized spacial score (nSPS) is 11.4. The van der Waals surface area contributed by atoms with Crippen LogP contribution in [0.2, 0.25) is 5.02 Å². The fraction of sp³-hybridized carbons (Fsp3) is 0.167. The number of nitrogens with two attached hydrogens (primary N) is 1. The lowest BCUT2D eigenvalue weighted by Gasteiger charge is -2.19. The summed E-state index contributed by atoms with van der Waals surface area (Å²) in [7, 11) is 0. The Morgan fingerprint density at radius 3 is 2.35 bits per heavy atom. The fourth-order valence-corrected chi connectivity index (χ4v) is 3.22. The number of nitrogens with one attached hydrogen (secondary N) is 2. The van der Waals surface area contributed by atoms with Gasteiger partial charge in [0.1, 0.15) is 11.5 Å². The Morgan fingerprint density at radius 1 is 0.935 bits per heavy atom. The summed E-state index contributed by atoms with van der Waals surface area (Å²) in [6.07, 6.45) is 0.732. The van der Waals surface area contributed by atoms with Gasteiger partial charge in [0.25, 0.3) is 0 Å². The maximum Gasteiger partial charge on any atom is 0.312 e. The lowest BCUT2D eigenvalue weighted by atomic mass is 10.0. The number of halogens is 1. The van der Waals surface area contributed by atoms with E-state index in [0.717, 1.165) is 11.1 Å².